The Morgan fingerprint density at radius 3 is 2.13 bits per heavy atom. The van der Waals surface area contributed by atoms with Crippen LogP contribution in [0.2, 0.25) is 0 Å². The largest absolute Gasteiger partial charge is 0.379 e. The lowest BCUT2D eigenvalue weighted by Crippen LogP contribution is -2.49. The molecule has 89 valence electrons. The highest BCUT2D eigenvalue weighted by molar-refractivity contribution is 4.90. The highest BCUT2D eigenvalue weighted by atomic mass is 16.6. The molecule has 4 atom stereocenters. The van der Waals surface area contributed by atoms with Crippen LogP contribution in [0.25, 0.3) is 0 Å². The zero-order chi connectivity index (χ0) is 11.3. The second kappa shape index (κ2) is 6.46. The fourth-order valence-corrected chi connectivity index (χ4v) is 2.62. The summed E-state index contributed by atoms with van der Waals surface area (Å²) in [4.78, 5) is 0. The Morgan fingerprint density at radius 2 is 1.67 bits per heavy atom. The molecule has 3 nitrogen and oxygen atoms in total. The van der Waals surface area contributed by atoms with E-state index in [1.807, 2.05) is 0 Å². The van der Waals surface area contributed by atoms with Crippen LogP contribution in [0.15, 0.2) is 0 Å². The van der Waals surface area contributed by atoms with Crippen LogP contribution < -0.4 is 0 Å². The summed E-state index contributed by atoms with van der Waals surface area (Å²) in [6.45, 7) is 3.91. The second-order valence-corrected chi connectivity index (χ2v) is 4.15. The van der Waals surface area contributed by atoms with Crippen molar-refractivity contribution in [2.75, 3.05) is 21.3 Å². The molecule has 1 aliphatic rings. The van der Waals surface area contributed by atoms with E-state index in [0.717, 1.165) is 25.7 Å². The van der Waals surface area contributed by atoms with Crippen molar-refractivity contribution in [3.8, 4) is 0 Å². The van der Waals surface area contributed by atoms with Crippen molar-refractivity contribution < 1.29 is 14.2 Å². The molecule has 3 heteroatoms. The van der Waals surface area contributed by atoms with Gasteiger partial charge < -0.3 is 14.2 Å². The Hall–Kier alpha value is -0.120. The molecule has 0 spiro atoms. The average Bonchev–Trinajstić information content (AvgIpc) is 2.28. The van der Waals surface area contributed by atoms with Crippen molar-refractivity contribution in [2.24, 2.45) is 5.92 Å². The molecule has 1 saturated carbocycles. The molecular weight excluding hydrogens is 192 g/mol. The quantitative estimate of drug-likeness (QED) is 0.702. The minimum Gasteiger partial charge on any atom is -0.379 e. The maximum Gasteiger partial charge on any atom is 0.110 e. The first-order valence-electron chi connectivity index (χ1n) is 5.66. The summed E-state index contributed by atoms with van der Waals surface area (Å²) in [7, 11) is 5.23. The van der Waals surface area contributed by atoms with Gasteiger partial charge in [-0.2, -0.15) is 0 Å². The maximum absolute atomic E-state index is 5.56. The molecule has 0 aromatic heterocycles. The number of hydrogen-bond acceptors (Lipinski definition) is 3. The van der Waals surface area contributed by atoms with E-state index >= 15 is 0 Å². The second-order valence-electron chi connectivity index (χ2n) is 4.15. The van der Waals surface area contributed by atoms with Crippen LogP contribution >= 0.6 is 0 Å². The first-order valence-corrected chi connectivity index (χ1v) is 5.66. The van der Waals surface area contributed by atoms with E-state index in [9.17, 15) is 0 Å². The van der Waals surface area contributed by atoms with Gasteiger partial charge in [-0.1, -0.05) is 13.3 Å². The summed E-state index contributed by atoms with van der Waals surface area (Å²) in [6.07, 6.45) is 4.64. The van der Waals surface area contributed by atoms with E-state index in [0.29, 0.717) is 5.92 Å². The van der Waals surface area contributed by atoms with Crippen LogP contribution in [0.5, 0.6) is 0 Å². The monoisotopic (exact) mass is 215 g/mol. The first kappa shape index (κ1) is 12.9. The van der Waals surface area contributed by atoms with E-state index in [2.05, 4.69) is 6.92 Å². The van der Waals surface area contributed by atoms with Crippen LogP contribution in [0, 0.1) is 12.8 Å². The van der Waals surface area contributed by atoms with Gasteiger partial charge in [-0.15, -0.1) is 0 Å². The van der Waals surface area contributed by atoms with Gasteiger partial charge in [-0.05, 0) is 25.2 Å². The van der Waals surface area contributed by atoms with Gasteiger partial charge in [0.15, 0.2) is 0 Å². The third-order valence-electron chi connectivity index (χ3n) is 3.40. The van der Waals surface area contributed by atoms with Gasteiger partial charge in [0.2, 0.25) is 0 Å². The Balaban J connectivity index is 2.65. The van der Waals surface area contributed by atoms with Crippen LogP contribution in [0.4, 0.5) is 0 Å². The van der Waals surface area contributed by atoms with Crippen molar-refractivity contribution in [3.05, 3.63) is 6.92 Å². The summed E-state index contributed by atoms with van der Waals surface area (Å²) in [6, 6.07) is 0. The smallest absolute Gasteiger partial charge is 0.110 e. The van der Waals surface area contributed by atoms with Crippen LogP contribution in [0.3, 0.4) is 0 Å². The lowest BCUT2D eigenvalue weighted by molar-refractivity contribution is -0.150. The number of ether oxygens (including phenoxy) is 3. The lowest BCUT2D eigenvalue weighted by Gasteiger charge is -2.40. The van der Waals surface area contributed by atoms with E-state index in [1.165, 1.54) is 0 Å². The molecule has 0 saturated heterocycles. The highest BCUT2D eigenvalue weighted by Gasteiger charge is 2.39. The molecule has 1 radical (unpaired) electrons. The van der Waals surface area contributed by atoms with Crippen molar-refractivity contribution >= 4 is 0 Å². The van der Waals surface area contributed by atoms with Crippen molar-refractivity contribution in [2.45, 2.75) is 44.0 Å². The topological polar surface area (TPSA) is 27.7 Å². The molecule has 0 aromatic rings. The van der Waals surface area contributed by atoms with Gasteiger partial charge >= 0.3 is 0 Å². The fourth-order valence-electron chi connectivity index (χ4n) is 2.62. The summed E-state index contributed by atoms with van der Waals surface area (Å²) >= 11 is 0. The minimum absolute atomic E-state index is 0.0605. The molecule has 0 N–H and O–H groups in total. The molecule has 0 bridgehead atoms. The summed E-state index contributed by atoms with van der Waals surface area (Å²) in [5, 5.41) is 0. The normalized spacial score (nSPS) is 36.8. The van der Waals surface area contributed by atoms with Gasteiger partial charge in [-0.3, -0.25) is 0 Å². The number of rotatable bonds is 5. The van der Waals surface area contributed by atoms with E-state index in [1.54, 1.807) is 21.3 Å². The predicted molar refractivity (Wildman–Crippen MR) is 59.7 cm³/mol. The number of hydrogen-bond donors (Lipinski definition) is 0. The Kier molecular flexibility index (Phi) is 5.58. The molecule has 1 rings (SSSR count). The Bertz CT molecular complexity index is 172. The van der Waals surface area contributed by atoms with E-state index in [-0.39, 0.29) is 18.3 Å². The maximum atomic E-state index is 5.56. The standard InChI is InChI=1S/C12H23O3/c1-5-6-9-7-8-10(13-2)12(15-4)11(9)14-3/h9-12H,1,5-8H2,2-4H3. The highest BCUT2D eigenvalue weighted by Crippen LogP contribution is 2.33. The molecule has 0 amide bonds. The van der Waals surface area contributed by atoms with Crippen LogP contribution in [-0.4, -0.2) is 39.6 Å². The van der Waals surface area contributed by atoms with Gasteiger partial charge in [0, 0.05) is 21.3 Å². The summed E-state index contributed by atoms with van der Waals surface area (Å²) in [5.41, 5.74) is 0. The fraction of sp³-hybridized carbons (Fsp3) is 0.917. The van der Waals surface area contributed by atoms with Crippen molar-refractivity contribution in [1.29, 1.82) is 0 Å². The minimum atomic E-state index is 0.0605. The SMILES string of the molecule is [CH2]CCC1CCC(OC)C(OC)C1OC. The molecule has 0 heterocycles. The van der Waals surface area contributed by atoms with E-state index < -0.39 is 0 Å². The van der Waals surface area contributed by atoms with Crippen molar-refractivity contribution in [1.82, 2.24) is 0 Å². The van der Waals surface area contributed by atoms with E-state index in [4.69, 9.17) is 14.2 Å². The molecule has 0 aromatic carbocycles. The summed E-state index contributed by atoms with van der Waals surface area (Å²) in [5.74, 6) is 0.559. The zero-order valence-electron chi connectivity index (χ0n) is 10.1. The van der Waals surface area contributed by atoms with Gasteiger partial charge in [0.25, 0.3) is 0 Å². The average molecular weight is 215 g/mol. The molecule has 0 aliphatic heterocycles. The van der Waals surface area contributed by atoms with Crippen LogP contribution in [0.1, 0.15) is 25.7 Å². The van der Waals surface area contributed by atoms with Crippen molar-refractivity contribution in [3.63, 3.8) is 0 Å². The third kappa shape index (κ3) is 2.92. The van der Waals surface area contributed by atoms with Gasteiger partial charge in [0.05, 0.1) is 12.2 Å². The third-order valence-corrected chi connectivity index (χ3v) is 3.40. The number of methoxy groups -OCH3 is 3. The lowest BCUT2D eigenvalue weighted by atomic mass is 9.80. The first-order chi connectivity index (χ1) is 7.28. The van der Waals surface area contributed by atoms with Gasteiger partial charge in [-0.25, -0.2) is 0 Å². The Morgan fingerprint density at radius 1 is 1.00 bits per heavy atom. The Labute approximate surface area is 93.1 Å². The molecule has 15 heavy (non-hydrogen) atoms. The zero-order valence-corrected chi connectivity index (χ0v) is 10.1. The molecule has 4 unspecified atom stereocenters. The molecular formula is C12H23O3. The molecule has 1 fully saturated rings. The predicted octanol–water partition coefficient (Wildman–Crippen LogP) is 2.06. The molecule has 1 aliphatic carbocycles. The van der Waals surface area contributed by atoms with Gasteiger partial charge in [0.1, 0.15) is 6.10 Å². The van der Waals surface area contributed by atoms with Crippen LogP contribution in [-0.2, 0) is 14.2 Å². The summed E-state index contributed by atoms with van der Waals surface area (Å²) < 4.78 is 16.5.